The molecule has 0 aromatic rings. The molecule has 0 aromatic carbocycles. The SMILES string of the molecule is CC(=O)OC[C@H]1O[C@@H](OC(C)=O)C[C@@H]1C. The van der Waals surface area contributed by atoms with E-state index in [0.29, 0.717) is 6.42 Å². The van der Waals surface area contributed by atoms with Gasteiger partial charge in [-0.15, -0.1) is 0 Å². The Morgan fingerprint density at radius 2 is 2.00 bits per heavy atom. The van der Waals surface area contributed by atoms with Crippen molar-refractivity contribution in [2.24, 2.45) is 5.92 Å². The van der Waals surface area contributed by atoms with Crippen molar-refractivity contribution >= 4 is 11.9 Å². The molecular formula is C10H16O5. The molecule has 3 atom stereocenters. The van der Waals surface area contributed by atoms with Crippen molar-refractivity contribution in [3.05, 3.63) is 0 Å². The van der Waals surface area contributed by atoms with Crippen molar-refractivity contribution in [2.75, 3.05) is 6.61 Å². The highest BCUT2D eigenvalue weighted by molar-refractivity contribution is 5.66. The number of rotatable bonds is 3. The van der Waals surface area contributed by atoms with Crippen molar-refractivity contribution in [3.63, 3.8) is 0 Å². The van der Waals surface area contributed by atoms with E-state index in [1.165, 1.54) is 13.8 Å². The Hall–Kier alpha value is -1.10. The molecule has 0 aliphatic carbocycles. The lowest BCUT2D eigenvalue weighted by atomic mass is 10.0. The number of carbonyl (C=O) groups is 2. The van der Waals surface area contributed by atoms with Gasteiger partial charge in [-0.2, -0.15) is 0 Å². The van der Waals surface area contributed by atoms with Gasteiger partial charge in [-0.3, -0.25) is 9.59 Å². The Morgan fingerprint density at radius 3 is 2.53 bits per heavy atom. The highest BCUT2D eigenvalue weighted by atomic mass is 16.7. The Morgan fingerprint density at radius 1 is 1.33 bits per heavy atom. The van der Waals surface area contributed by atoms with Crippen LogP contribution >= 0.6 is 0 Å². The fraction of sp³-hybridized carbons (Fsp3) is 0.800. The average Bonchev–Trinajstić information content (AvgIpc) is 2.41. The number of ether oxygens (including phenoxy) is 3. The van der Waals surface area contributed by atoms with E-state index in [2.05, 4.69) is 0 Å². The predicted molar refractivity (Wildman–Crippen MR) is 50.8 cm³/mol. The van der Waals surface area contributed by atoms with Crippen LogP contribution in [0, 0.1) is 5.92 Å². The van der Waals surface area contributed by atoms with Gasteiger partial charge in [0.25, 0.3) is 0 Å². The van der Waals surface area contributed by atoms with Gasteiger partial charge in [-0.25, -0.2) is 0 Å². The summed E-state index contributed by atoms with van der Waals surface area (Å²) in [5.74, 6) is -0.476. The van der Waals surface area contributed by atoms with Crippen LogP contribution in [-0.4, -0.2) is 30.9 Å². The van der Waals surface area contributed by atoms with Gasteiger partial charge < -0.3 is 14.2 Å². The zero-order valence-electron chi connectivity index (χ0n) is 9.19. The second-order valence-corrected chi connectivity index (χ2v) is 3.73. The second-order valence-electron chi connectivity index (χ2n) is 3.73. The van der Waals surface area contributed by atoms with E-state index in [1.54, 1.807) is 0 Å². The van der Waals surface area contributed by atoms with E-state index in [0.717, 1.165) is 0 Å². The van der Waals surface area contributed by atoms with E-state index in [4.69, 9.17) is 14.2 Å². The first-order chi connectivity index (χ1) is 6.99. The Balaban J connectivity index is 2.35. The van der Waals surface area contributed by atoms with Gasteiger partial charge >= 0.3 is 11.9 Å². The largest absolute Gasteiger partial charge is 0.463 e. The predicted octanol–water partition coefficient (Wildman–Crippen LogP) is 0.864. The van der Waals surface area contributed by atoms with E-state index >= 15 is 0 Å². The minimum atomic E-state index is -0.502. The Labute approximate surface area is 88.7 Å². The van der Waals surface area contributed by atoms with Gasteiger partial charge in [0, 0.05) is 20.3 Å². The highest BCUT2D eigenvalue weighted by Crippen LogP contribution is 2.27. The topological polar surface area (TPSA) is 61.8 Å². The molecule has 1 heterocycles. The Kier molecular flexibility index (Phi) is 4.08. The van der Waals surface area contributed by atoms with Crippen molar-refractivity contribution in [2.45, 2.75) is 39.6 Å². The quantitative estimate of drug-likeness (QED) is 0.655. The van der Waals surface area contributed by atoms with Crippen LogP contribution in [0.5, 0.6) is 0 Å². The van der Waals surface area contributed by atoms with Gasteiger partial charge in [0.05, 0.1) is 6.10 Å². The third-order valence-corrected chi connectivity index (χ3v) is 2.27. The summed E-state index contributed by atoms with van der Waals surface area (Å²) >= 11 is 0. The average molecular weight is 216 g/mol. The molecule has 15 heavy (non-hydrogen) atoms. The van der Waals surface area contributed by atoms with Crippen LogP contribution in [-0.2, 0) is 23.8 Å². The molecule has 86 valence electrons. The lowest BCUT2D eigenvalue weighted by Gasteiger charge is -2.14. The molecule has 1 fully saturated rings. The van der Waals surface area contributed by atoms with E-state index in [1.807, 2.05) is 6.92 Å². The normalized spacial score (nSPS) is 29.9. The van der Waals surface area contributed by atoms with Crippen LogP contribution in [0.25, 0.3) is 0 Å². The van der Waals surface area contributed by atoms with Crippen molar-refractivity contribution in [1.82, 2.24) is 0 Å². The number of hydrogen-bond acceptors (Lipinski definition) is 5. The molecule has 5 heteroatoms. The molecule has 0 amide bonds. The van der Waals surface area contributed by atoms with Crippen LogP contribution < -0.4 is 0 Å². The summed E-state index contributed by atoms with van der Waals surface area (Å²) in [6.07, 6.45) is -0.0396. The maximum atomic E-state index is 10.7. The number of carbonyl (C=O) groups excluding carboxylic acids is 2. The lowest BCUT2D eigenvalue weighted by Crippen LogP contribution is -2.23. The molecule has 1 aliphatic rings. The Bertz CT molecular complexity index is 250. The van der Waals surface area contributed by atoms with E-state index in [-0.39, 0.29) is 30.6 Å². The van der Waals surface area contributed by atoms with Crippen LogP contribution in [0.2, 0.25) is 0 Å². The summed E-state index contributed by atoms with van der Waals surface area (Å²) < 4.78 is 15.2. The number of esters is 2. The highest BCUT2D eigenvalue weighted by Gasteiger charge is 2.34. The summed E-state index contributed by atoms with van der Waals surface area (Å²) in [7, 11) is 0. The first kappa shape index (κ1) is 12.0. The van der Waals surface area contributed by atoms with Crippen molar-refractivity contribution in [3.8, 4) is 0 Å². The monoisotopic (exact) mass is 216 g/mol. The first-order valence-corrected chi connectivity index (χ1v) is 4.95. The van der Waals surface area contributed by atoms with Gasteiger partial charge in [-0.05, 0) is 5.92 Å². The van der Waals surface area contributed by atoms with Gasteiger partial charge in [0.2, 0.25) is 6.29 Å². The summed E-state index contributed by atoms with van der Waals surface area (Å²) in [5, 5.41) is 0. The van der Waals surface area contributed by atoms with Crippen LogP contribution in [0.15, 0.2) is 0 Å². The molecule has 0 unspecified atom stereocenters. The maximum absolute atomic E-state index is 10.7. The smallest absolute Gasteiger partial charge is 0.304 e. The molecule has 0 bridgehead atoms. The maximum Gasteiger partial charge on any atom is 0.304 e. The summed E-state index contributed by atoms with van der Waals surface area (Å²) in [5.41, 5.74) is 0. The summed E-state index contributed by atoms with van der Waals surface area (Å²) in [4.78, 5) is 21.3. The molecule has 0 N–H and O–H groups in total. The zero-order valence-corrected chi connectivity index (χ0v) is 9.19. The summed E-state index contributed by atoms with van der Waals surface area (Å²) in [6.45, 7) is 4.88. The standard InChI is InChI=1S/C10H16O5/c1-6-4-10(14-8(3)12)15-9(6)5-13-7(2)11/h6,9-10H,4-5H2,1-3H3/t6-,9+,10+/m0/s1. The van der Waals surface area contributed by atoms with Gasteiger partial charge in [-0.1, -0.05) is 6.92 Å². The zero-order chi connectivity index (χ0) is 11.4. The fourth-order valence-electron chi connectivity index (χ4n) is 1.50. The fourth-order valence-corrected chi connectivity index (χ4v) is 1.50. The molecule has 0 radical (unpaired) electrons. The molecule has 0 aromatic heterocycles. The molecule has 1 aliphatic heterocycles. The van der Waals surface area contributed by atoms with Gasteiger partial charge in [0.1, 0.15) is 6.61 Å². The number of hydrogen-bond donors (Lipinski definition) is 0. The van der Waals surface area contributed by atoms with Crippen LogP contribution in [0.1, 0.15) is 27.2 Å². The first-order valence-electron chi connectivity index (χ1n) is 4.95. The van der Waals surface area contributed by atoms with Crippen molar-refractivity contribution < 1.29 is 23.8 Å². The van der Waals surface area contributed by atoms with Gasteiger partial charge in [0.15, 0.2) is 0 Å². The summed E-state index contributed by atoms with van der Waals surface area (Å²) in [6, 6.07) is 0. The lowest BCUT2D eigenvalue weighted by molar-refractivity contribution is -0.178. The molecule has 5 nitrogen and oxygen atoms in total. The van der Waals surface area contributed by atoms with E-state index < -0.39 is 6.29 Å². The van der Waals surface area contributed by atoms with Crippen LogP contribution in [0.4, 0.5) is 0 Å². The molecule has 0 spiro atoms. The molecule has 1 rings (SSSR count). The second kappa shape index (κ2) is 5.11. The minimum absolute atomic E-state index is 0.182. The third-order valence-electron chi connectivity index (χ3n) is 2.27. The molecular weight excluding hydrogens is 200 g/mol. The third kappa shape index (κ3) is 3.87. The van der Waals surface area contributed by atoms with Crippen LogP contribution in [0.3, 0.4) is 0 Å². The molecule has 0 saturated carbocycles. The molecule has 1 saturated heterocycles. The van der Waals surface area contributed by atoms with E-state index in [9.17, 15) is 9.59 Å². The van der Waals surface area contributed by atoms with Crippen molar-refractivity contribution in [1.29, 1.82) is 0 Å². The minimum Gasteiger partial charge on any atom is -0.463 e.